The van der Waals surface area contributed by atoms with Gasteiger partial charge >= 0.3 is 0 Å². The zero-order chi connectivity index (χ0) is 13.8. The van der Waals surface area contributed by atoms with Crippen molar-refractivity contribution in [2.24, 2.45) is 5.41 Å². The van der Waals surface area contributed by atoms with Gasteiger partial charge in [0.25, 0.3) is 0 Å². The van der Waals surface area contributed by atoms with Crippen LogP contribution in [0.1, 0.15) is 52.5 Å². The summed E-state index contributed by atoms with van der Waals surface area (Å²) >= 11 is 0. The highest BCUT2D eigenvalue weighted by Crippen LogP contribution is 2.30. The molecule has 0 aromatic carbocycles. The van der Waals surface area contributed by atoms with Crippen LogP contribution < -0.4 is 10.1 Å². The fourth-order valence-corrected chi connectivity index (χ4v) is 1.67. The zero-order valence-electron chi connectivity index (χ0n) is 12.4. The Morgan fingerprint density at radius 2 is 1.94 bits per heavy atom. The van der Waals surface area contributed by atoms with E-state index >= 15 is 0 Å². The maximum Gasteiger partial charge on any atom is 0.222 e. The average molecular weight is 251 g/mol. The van der Waals surface area contributed by atoms with Crippen LogP contribution in [0.4, 0.5) is 5.82 Å². The predicted octanol–water partition coefficient (Wildman–Crippen LogP) is 3.46. The maximum atomic E-state index is 5.83. The second kappa shape index (κ2) is 6.03. The molecule has 1 aromatic rings. The van der Waals surface area contributed by atoms with Crippen LogP contribution in [0.15, 0.2) is 6.33 Å². The molecule has 18 heavy (non-hydrogen) atoms. The number of aromatic nitrogens is 2. The van der Waals surface area contributed by atoms with E-state index in [4.69, 9.17) is 4.74 Å². The van der Waals surface area contributed by atoms with Gasteiger partial charge in [0, 0.05) is 7.05 Å². The lowest BCUT2D eigenvalue weighted by molar-refractivity contribution is 0.234. The van der Waals surface area contributed by atoms with Crippen molar-refractivity contribution in [3.8, 4) is 5.88 Å². The van der Waals surface area contributed by atoms with E-state index in [2.05, 4.69) is 49.9 Å². The second-order valence-electron chi connectivity index (χ2n) is 6.00. The van der Waals surface area contributed by atoms with Crippen molar-refractivity contribution >= 4 is 5.82 Å². The van der Waals surface area contributed by atoms with E-state index in [0.717, 1.165) is 17.8 Å². The van der Waals surface area contributed by atoms with Gasteiger partial charge in [0.15, 0.2) is 0 Å². The Morgan fingerprint density at radius 3 is 2.44 bits per heavy atom. The van der Waals surface area contributed by atoms with Crippen LogP contribution in [0.2, 0.25) is 0 Å². The Hall–Kier alpha value is -1.32. The highest BCUT2D eigenvalue weighted by molar-refractivity contribution is 5.50. The summed E-state index contributed by atoms with van der Waals surface area (Å²) in [7, 11) is 1.87. The van der Waals surface area contributed by atoms with Crippen molar-refractivity contribution in [2.45, 2.75) is 47.0 Å². The minimum absolute atomic E-state index is 0.275. The van der Waals surface area contributed by atoms with Gasteiger partial charge in [-0.1, -0.05) is 34.6 Å². The van der Waals surface area contributed by atoms with E-state index in [1.54, 1.807) is 6.33 Å². The molecule has 1 heterocycles. The van der Waals surface area contributed by atoms with Crippen LogP contribution >= 0.6 is 0 Å². The lowest BCUT2D eigenvalue weighted by Gasteiger charge is -2.20. The quantitative estimate of drug-likeness (QED) is 0.870. The molecule has 102 valence electrons. The number of nitrogens with one attached hydrogen (secondary N) is 1. The van der Waals surface area contributed by atoms with Gasteiger partial charge in [-0.05, 0) is 17.8 Å². The summed E-state index contributed by atoms with van der Waals surface area (Å²) in [6.07, 6.45) is 2.55. The Morgan fingerprint density at radius 1 is 1.28 bits per heavy atom. The fourth-order valence-electron chi connectivity index (χ4n) is 1.67. The lowest BCUT2D eigenvalue weighted by atomic mass is 9.93. The van der Waals surface area contributed by atoms with E-state index in [9.17, 15) is 0 Å². The second-order valence-corrected chi connectivity index (χ2v) is 6.00. The van der Waals surface area contributed by atoms with Gasteiger partial charge in [0.05, 0.1) is 12.2 Å². The standard InChI is InChI=1S/C14H25N3O/c1-10(2)11-12(15-6)16-9-17-13(11)18-8-7-14(3,4)5/h9-10H,7-8H2,1-6H3,(H,15,16,17). The molecule has 0 amide bonds. The van der Waals surface area contributed by atoms with Crippen LogP contribution in [0.3, 0.4) is 0 Å². The summed E-state index contributed by atoms with van der Waals surface area (Å²) in [6.45, 7) is 11.5. The SMILES string of the molecule is CNc1ncnc(OCCC(C)(C)C)c1C(C)C. The van der Waals surface area contributed by atoms with Gasteiger partial charge in [-0.15, -0.1) is 0 Å². The number of anilines is 1. The first-order chi connectivity index (χ1) is 8.35. The molecule has 0 fully saturated rings. The van der Waals surface area contributed by atoms with Crippen LogP contribution in [0, 0.1) is 5.41 Å². The summed E-state index contributed by atoms with van der Waals surface area (Å²) in [5, 5.41) is 3.09. The van der Waals surface area contributed by atoms with Crippen molar-refractivity contribution < 1.29 is 4.74 Å². The van der Waals surface area contributed by atoms with Gasteiger partial charge in [0.2, 0.25) is 5.88 Å². The van der Waals surface area contributed by atoms with Gasteiger partial charge < -0.3 is 10.1 Å². The number of hydrogen-bond acceptors (Lipinski definition) is 4. The molecule has 0 aliphatic carbocycles. The zero-order valence-corrected chi connectivity index (χ0v) is 12.4. The van der Waals surface area contributed by atoms with E-state index < -0.39 is 0 Å². The van der Waals surface area contributed by atoms with Crippen LogP contribution in [0.5, 0.6) is 5.88 Å². The molecule has 0 unspecified atom stereocenters. The lowest BCUT2D eigenvalue weighted by Crippen LogP contribution is -2.13. The molecule has 0 spiro atoms. The number of nitrogens with zero attached hydrogens (tertiary/aromatic N) is 2. The van der Waals surface area contributed by atoms with Gasteiger partial charge in [-0.2, -0.15) is 0 Å². The molecule has 4 heteroatoms. The molecule has 0 radical (unpaired) electrons. The summed E-state index contributed by atoms with van der Waals surface area (Å²) in [5.74, 6) is 1.89. The molecule has 1 rings (SSSR count). The minimum Gasteiger partial charge on any atom is -0.477 e. The maximum absolute atomic E-state index is 5.83. The van der Waals surface area contributed by atoms with E-state index in [0.29, 0.717) is 18.4 Å². The molecular weight excluding hydrogens is 226 g/mol. The van der Waals surface area contributed by atoms with Gasteiger partial charge in [-0.3, -0.25) is 0 Å². The molecule has 4 nitrogen and oxygen atoms in total. The van der Waals surface area contributed by atoms with Gasteiger partial charge in [0.1, 0.15) is 12.1 Å². The summed E-state index contributed by atoms with van der Waals surface area (Å²) in [4.78, 5) is 8.49. The van der Waals surface area contributed by atoms with Crippen LogP contribution in [0.25, 0.3) is 0 Å². The first kappa shape index (κ1) is 14.7. The number of ether oxygens (including phenoxy) is 1. The summed E-state index contributed by atoms with van der Waals surface area (Å²) in [6, 6.07) is 0. The Balaban J connectivity index is 2.82. The largest absolute Gasteiger partial charge is 0.477 e. The predicted molar refractivity (Wildman–Crippen MR) is 75.2 cm³/mol. The molecule has 0 bridgehead atoms. The van der Waals surface area contributed by atoms with Crippen molar-refractivity contribution in [2.75, 3.05) is 19.0 Å². The fraction of sp³-hybridized carbons (Fsp3) is 0.714. The van der Waals surface area contributed by atoms with Crippen molar-refractivity contribution in [3.63, 3.8) is 0 Å². The molecular formula is C14H25N3O. The Kier molecular flexibility index (Phi) is 4.93. The third kappa shape index (κ3) is 4.17. The molecule has 0 aliphatic rings. The summed E-state index contributed by atoms with van der Waals surface area (Å²) in [5.41, 5.74) is 1.32. The minimum atomic E-state index is 0.275. The number of rotatable bonds is 5. The van der Waals surface area contributed by atoms with Crippen LogP contribution in [-0.2, 0) is 0 Å². The smallest absolute Gasteiger partial charge is 0.222 e. The molecule has 1 aromatic heterocycles. The first-order valence-electron chi connectivity index (χ1n) is 6.50. The summed E-state index contributed by atoms with van der Waals surface area (Å²) < 4.78 is 5.83. The first-order valence-corrected chi connectivity index (χ1v) is 6.50. The monoisotopic (exact) mass is 251 g/mol. The topological polar surface area (TPSA) is 47.0 Å². The Labute approximate surface area is 110 Å². The van der Waals surface area contributed by atoms with E-state index in [-0.39, 0.29) is 5.41 Å². The van der Waals surface area contributed by atoms with Gasteiger partial charge in [-0.25, -0.2) is 9.97 Å². The van der Waals surface area contributed by atoms with Crippen LogP contribution in [-0.4, -0.2) is 23.6 Å². The Bertz CT molecular complexity index is 383. The molecule has 0 saturated heterocycles. The number of hydrogen-bond donors (Lipinski definition) is 1. The van der Waals surface area contributed by atoms with Crippen molar-refractivity contribution in [3.05, 3.63) is 11.9 Å². The van der Waals surface area contributed by atoms with E-state index in [1.807, 2.05) is 7.05 Å². The molecule has 0 aliphatic heterocycles. The molecule has 1 N–H and O–H groups in total. The third-order valence-electron chi connectivity index (χ3n) is 2.75. The molecule has 0 saturated carbocycles. The third-order valence-corrected chi connectivity index (χ3v) is 2.75. The average Bonchev–Trinajstić information content (AvgIpc) is 2.26. The van der Waals surface area contributed by atoms with Crippen molar-refractivity contribution in [1.82, 2.24) is 9.97 Å². The van der Waals surface area contributed by atoms with E-state index in [1.165, 1.54) is 0 Å². The van der Waals surface area contributed by atoms with Crippen molar-refractivity contribution in [1.29, 1.82) is 0 Å². The highest BCUT2D eigenvalue weighted by atomic mass is 16.5. The molecule has 0 atom stereocenters. The normalized spacial score (nSPS) is 11.7. The highest BCUT2D eigenvalue weighted by Gasteiger charge is 2.16.